The summed E-state index contributed by atoms with van der Waals surface area (Å²) in [5, 5.41) is 0.605. The van der Waals surface area contributed by atoms with E-state index in [0.717, 1.165) is 29.9 Å². The summed E-state index contributed by atoms with van der Waals surface area (Å²) in [6.45, 7) is 14.5. The number of nitrogens with zero attached hydrogens (tertiary/aromatic N) is 5. The molecule has 1 saturated heterocycles. The first-order chi connectivity index (χ1) is 17.9. The third-order valence-electron chi connectivity index (χ3n) is 7.34. The fraction of sp³-hybridized carbons (Fsp3) is 0.586. The van der Waals surface area contributed by atoms with Crippen molar-refractivity contribution in [2.24, 2.45) is 0 Å². The van der Waals surface area contributed by atoms with E-state index < -0.39 is 17.6 Å². The fourth-order valence-electron chi connectivity index (χ4n) is 5.27. The highest BCUT2D eigenvalue weighted by Gasteiger charge is 2.35. The van der Waals surface area contributed by atoms with Gasteiger partial charge in [-0.2, -0.15) is 0 Å². The highest BCUT2D eigenvalue weighted by molar-refractivity contribution is 6.30. The Morgan fingerprint density at radius 1 is 1.11 bits per heavy atom. The van der Waals surface area contributed by atoms with Crippen LogP contribution in [0, 0.1) is 0 Å². The van der Waals surface area contributed by atoms with Crippen molar-refractivity contribution < 1.29 is 14.3 Å². The minimum Gasteiger partial charge on any atom is -0.444 e. The van der Waals surface area contributed by atoms with Crippen LogP contribution in [-0.2, 0) is 16.0 Å². The number of amides is 2. The number of halogens is 1. The molecule has 1 aliphatic carbocycles. The van der Waals surface area contributed by atoms with Crippen LogP contribution in [0.5, 0.6) is 0 Å². The Bertz CT molecular complexity index is 1140. The lowest BCUT2D eigenvalue weighted by atomic mass is 9.96. The monoisotopic (exact) mass is 541 g/mol. The number of hydrogen-bond acceptors (Lipinski definition) is 6. The SMILES string of the molecule is CC1CCc2ncnc(N3CCN(C(=O)C(CN(C(=O)OC(C)(C)C)C(C)C)c4ccc(Cl)cc4)CC3)c21. The number of hydrogen-bond donors (Lipinski definition) is 0. The van der Waals surface area contributed by atoms with Crippen molar-refractivity contribution in [3.05, 3.63) is 52.4 Å². The molecule has 2 atom stereocenters. The molecule has 1 fully saturated rings. The predicted molar refractivity (Wildman–Crippen MR) is 150 cm³/mol. The first-order valence-electron chi connectivity index (χ1n) is 13.6. The number of carbonyl (C=O) groups excluding carboxylic acids is 2. The molecule has 0 radical (unpaired) electrons. The zero-order valence-corrected chi connectivity index (χ0v) is 24.2. The van der Waals surface area contributed by atoms with Gasteiger partial charge in [0, 0.05) is 55.0 Å². The van der Waals surface area contributed by atoms with Crippen LogP contribution in [0.1, 0.15) is 76.6 Å². The molecule has 38 heavy (non-hydrogen) atoms. The lowest BCUT2D eigenvalue weighted by molar-refractivity contribution is -0.133. The number of carbonyl (C=O) groups is 2. The summed E-state index contributed by atoms with van der Waals surface area (Å²) in [6, 6.07) is 7.20. The maximum Gasteiger partial charge on any atom is 0.410 e. The first kappa shape index (κ1) is 28.1. The van der Waals surface area contributed by atoms with E-state index in [2.05, 4.69) is 21.8 Å². The van der Waals surface area contributed by atoms with Gasteiger partial charge in [0.2, 0.25) is 5.91 Å². The van der Waals surface area contributed by atoms with Crippen molar-refractivity contribution in [1.82, 2.24) is 19.8 Å². The molecule has 0 N–H and O–H groups in total. The van der Waals surface area contributed by atoms with E-state index in [1.165, 1.54) is 5.56 Å². The number of aromatic nitrogens is 2. The first-order valence-corrected chi connectivity index (χ1v) is 13.9. The van der Waals surface area contributed by atoms with E-state index in [9.17, 15) is 9.59 Å². The van der Waals surface area contributed by atoms with Gasteiger partial charge in [-0.05, 0) is 71.1 Å². The van der Waals surface area contributed by atoms with Crippen molar-refractivity contribution >= 4 is 29.4 Å². The lowest BCUT2D eigenvalue weighted by Gasteiger charge is -2.39. The van der Waals surface area contributed by atoms with E-state index >= 15 is 0 Å². The molecule has 1 aliphatic heterocycles. The number of rotatable bonds is 6. The van der Waals surface area contributed by atoms with Gasteiger partial charge in [0.05, 0.1) is 5.92 Å². The summed E-state index contributed by atoms with van der Waals surface area (Å²) in [6.07, 6.45) is 3.34. The molecule has 206 valence electrons. The number of fused-ring (bicyclic) bond motifs is 1. The van der Waals surface area contributed by atoms with Gasteiger partial charge in [0.25, 0.3) is 0 Å². The number of anilines is 1. The molecule has 2 heterocycles. The smallest absolute Gasteiger partial charge is 0.410 e. The minimum absolute atomic E-state index is 0.00228. The summed E-state index contributed by atoms with van der Waals surface area (Å²) >= 11 is 6.15. The molecule has 2 amide bonds. The predicted octanol–water partition coefficient (Wildman–Crippen LogP) is 5.26. The topological polar surface area (TPSA) is 78.9 Å². The summed E-state index contributed by atoms with van der Waals surface area (Å²) in [5.41, 5.74) is 2.62. The zero-order valence-electron chi connectivity index (χ0n) is 23.4. The van der Waals surface area contributed by atoms with Gasteiger partial charge in [0.1, 0.15) is 17.7 Å². The van der Waals surface area contributed by atoms with Crippen LogP contribution in [0.15, 0.2) is 30.6 Å². The van der Waals surface area contributed by atoms with E-state index in [1.54, 1.807) is 23.4 Å². The van der Waals surface area contributed by atoms with E-state index in [4.69, 9.17) is 16.3 Å². The molecule has 0 bridgehead atoms. The van der Waals surface area contributed by atoms with Gasteiger partial charge in [-0.25, -0.2) is 14.8 Å². The Morgan fingerprint density at radius 3 is 2.37 bits per heavy atom. The Labute approximate surface area is 231 Å². The summed E-state index contributed by atoms with van der Waals surface area (Å²) in [5.74, 6) is 0.932. The van der Waals surface area contributed by atoms with Crippen molar-refractivity contribution in [2.45, 2.75) is 77.9 Å². The summed E-state index contributed by atoms with van der Waals surface area (Å²) < 4.78 is 5.67. The number of ether oxygens (including phenoxy) is 1. The molecule has 9 heteroatoms. The maximum atomic E-state index is 14.0. The Morgan fingerprint density at radius 2 is 1.76 bits per heavy atom. The maximum absolute atomic E-state index is 14.0. The second kappa shape index (κ2) is 11.5. The van der Waals surface area contributed by atoms with E-state index in [0.29, 0.717) is 37.1 Å². The van der Waals surface area contributed by atoms with Crippen LogP contribution >= 0.6 is 11.6 Å². The molecular weight excluding hydrogens is 502 g/mol. The molecule has 2 unspecified atom stereocenters. The van der Waals surface area contributed by atoms with Crippen molar-refractivity contribution in [1.29, 1.82) is 0 Å². The minimum atomic E-state index is -0.626. The van der Waals surface area contributed by atoms with E-state index in [1.807, 2.05) is 51.7 Å². The molecule has 1 aromatic carbocycles. The third-order valence-corrected chi connectivity index (χ3v) is 7.60. The van der Waals surface area contributed by atoms with Crippen LogP contribution in [0.3, 0.4) is 0 Å². The van der Waals surface area contributed by atoms with Crippen LogP contribution in [0.2, 0.25) is 5.02 Å². The molecule has 1 aromatic heterocycles. The molecule has 0 spiro atoms. The summed E-state index contributed by atoms with van der Waals surface area (Å²) in [7, 11) is 0. The molecular formula is C29H40ClN5O3. The molecule has 8 nitrogen and oxygen atoms in total. The number of benzene rings is 1. The number of aryl methyl sites for hydroxylation is 1. The quantitative estimate of drug-likeness (QED) is 0.496. The average Bonchev–Trinajstić information content (AvgIpc) is 3.25. The fourth-order valence-corrected chi connectivity index (χ4v) is 5.39. The molecule has 0 saturated carbocycles. The van der Waals surface area contributed by atoms with Gasteiger partial charge >= 0.3 is 6.09 Å². The Kier molecular flexibility index (Phi) is 8.50. The number of piperazine rings is 1. The van der Waals surface area contributed by atoms with Gasteiger partial charge in [-0.1, -0.05) is 30.7 Å². The third kappa shape index (κ3) is 6.40. The molecule has 2 aliphatic rings. The van der Waals surface area contributed by atoms with Gasteiger partial charge in [-0.15, -0.1) is 0 Å². The summed E-state index contributed by atoms with van der Waals surface area (Å²) in [4.78, 5) is 42.0. The lowest BCUT2D eigenvalue weighted by Crippen LogP contribution is -2.52. The Balaban J connectivity index is 1.52. The normalized spacial score (nSPS) is 18.4. The van der Waals surface area contributed by atoms with Crippen LogP contribution in [0.25, 0.3) is 0 Å². The second-order valence-corrected chi connectivity index (χ2v) is 12.1. The van der Waals surface area contributed by atoms with Crippen LogP contribution in [0.4, 0.5) is 10.6 Å². The van der Waals surface area contributed by atoms with Crippen LogP contribution < -0.4 is 4.90 Å². The van der Waals surface area contributed by atoms with Gasteiger partial charge in [-0.3, -0.25) is 4.79 Å². The highest BCUT2D eigenvalue weighted by Crippen LogP contribution is 2.37. The van der Waals surface area contributed by atoms with Gasteiger partial charge in [0.15, 0.2) is 0 Å². The largest absolute Gasteiger partial charge is 0.444 e. The molecule has 4 rings (SSSR count). The average molecular weight is 542 g/mol. The second-order valence-electron chi connectivity index (χ2n) is 11.6. The zero-order chi connectivity index (χ0) is 27.6. The van der Waals surface area contributed by atoms with Crippen molar-refractivity contribution in [3.63, 3.8) is 0 Å². The van der Waals surface area contributed by atoms with Crippen LogP contribution in [-0.4, -0.2) is 76.1 Å². The standard InChI is InChI=1S/C29H40ClN5O3/c1-19(2)35(28(37)38-29(4,5)6)17-23(21-8-10-22(30)11-9-21)27(36)34-15-13-33(14-16-34)26-25-20(3)7-12-24(25)31-18-32-26/h8-11,18-20,23H,7,12-17H2,1-6H3. The van der Waals surface area contributed by atoms with Gasteiger partial charge < -0.3 is 19.4 Å². The highest BCUT2D eigenvalue weighted by atomic mass is 35.5. The van der Waals surface area contributed by atoms with Crippen molar-refractivity contribution in [2.75, 3.05) is 37.6 Å². The molecule has 2 aromatic rings. The van der Waals surface area contributed by atoms with E-state index in [-0.39, 0.29) is 18.5 Å². The Hall–Kier alpha value is -2.87. The van der Waals surface area contributed by atoms with Crippen molar-refractivity contribution in [3.8, 4) is 0 Å².